The molecule has 0 aromatic carbocycles. The zero-order chi connectivity index (χ0) is 13.2. The molecule has 96 valence electrons. The molecule has 0 aromatic rings. The smallest absolute Gasteiger partial charge is 0.317 e. The monoisotopic (exact) mass is 234 g/mol. The summed E-state index contributed by atoms with van der Waals surface area (Å²) in [5.41, 5.74) is 0. The normalized spacial score (nSPS) is 9.88. The van der Waals surface area contributed by atoms with Crippen LogP contribution in [-0.4, -0.2) is 57.8 Å². The van der Waals surface area contributed by atoms with E-state index in [-0.39, 0.29) is 19.6 Å². The van der Waals surface area contributed by atoms with Crippen LogP contribution in [0.5, 0.6) is 0 Å². The Balaban J connectivity index is 0. The number of ether oxygens (including phenoxy) is 2. The second kappa shape index (κ2) is 9.15. The summed E-state index contributed by atoms with van der Waals surface area (Å²) in [5.74, 6) is -1.07. The standard InChI is InChI=1S/C7H12O4.C4H12N/c1-3-10-6(8)5-7(9)11-4-2;1-5(2,3)4/h3-5H2,1-2H3;1-4H3/q;+1. The van der Waals surface area contributed by atoms with Crippen LogP contribution in [-0.2, 0) is 19.1 Å². The maximum atomic E-state index is 10.6. The minimum absolute atomic E-state index is 0.290. The van der Waals surface area contributed by atoms with Crippen molar-refractivity contribution >= 4 is 11.9 Å². The summed E-state index contributed by atoms with van der Waals surface area (Å²) in [6.45, 7) is 3.95. The third kappa shape index (κ3) is 23.1. The second-order valence-corrected chi connectivity index (χ2v) is 4.47. The highest BCUT2D eigenvalue weighted by atomic mass is 16.5. The molecule has 0 aromatic heterocycles. The summed E-state index contributed by atoms with van der Waals surface area (Å²) < 4.78 is 10.0. The van der Waals surface area contributed by atoms with E-state index < -0.39 is 11.9 Å². The molecule has 0 radical (unpaired) electrons. The molecule has 16 heavy (non-hydrogen) atoms. The Labute approximate surface area is 97.9 Å². The first-order chi connectivity index (χ1) is 7.20. The molecule has 0 rings (SSSR count). The third-order valence-corrected chi connectivity index (χ3v) is 0.899. The number of quaternary nitrogens is 1. The average Bonchev–Trinajstić information content (AvgIpc) is 2.00. The molecular weight excluding hydrogens is 210 g/mol. The van der Waals surface area contributed by atoms with Crippen LogP contribution in [0.15, 0.2) is 0 Å². The fourth-order valence-corrected chi connectivity index (χ4v) is 0.542. The Kier molecular flexibility index (Phi) is 9.89. The van der Waals surface area contributed by atoms with Crippen molar-refractivity contribution in [2.75, 3.05) is 41.4 Å². The van der Waals surface area contributed by atoms with Gasteiger partial charge in [0.15, 0.2) is 0 Å². The number of esters is 2. The van der Waals surface area contributed by atoms with Crippen LogP contribution in [0, 0.1) is 0 Å². The minimum Gasteiger partial charge on any atom is -0.466 e. The Hall–Kier alpha value is -1.10. The van der Waals surface area contributed by atoms with Crippen molar-refractivity contribution in [1.29, 1.82) is 0 Å². The lowest BCUT2D eigenvalue weighted by Gasteiger charge is -2.14. The van der Waals surface area contributed by atoms with Crippen molar-refractivity contribution in [3.63, 3.8) is 0 Å². The van der Waals surface area contributed by atoms with Gasteiger partial charge in [-0.15, -0.1) is 0 Å². The first kappa shape index (κ1) is 17.3. The molecule has 5 heteroatoms. The summed E-state index contributed by atoms with van der Waals surface area (Å²) in [5, 5.41) is 0. The number of hydrogen-bond acceptors (Lipinski definition) is 4. The summed E-state index contributed by atoms with van der Waals surface area (Å²) in [6.07, 6.45) is -0.290. The maximum absolute atomic E-state index is 10.6. The highest BCUT2D eigenvalue weighted by Gasteiger charge is 2.09. The molecule has 0 saturated heterocycles. The Morgan fingerprint density at radius 2 is 1.12 bits per heavy atom. The molecule has 0 N–H and O–H groups in total. The van der Waals surface area contributed by atoms with Crippen LogP contribution in [0.3, 0.4) is 0 Å². The SMILES string of the molecule is CCOC(=O)CC(=O)OCC.C[N+](C)(C)C. The minimum atomic E-state index is -0.536. The Morgan fingerprint density at radius 1 is 0.875 bits per heavy atom. The van der Waals surface area contributed by atoms with Gasteiger partial charge in [-0.2, -0.15) is 0 Å². The topological polar surface area (TPSA) is 52.6 Å². The largest absolute Gasteiger partial charge is 0.466 e. The van der Waals surface area contributed by atoms with Crippen molar-refractivity contribution in [3.8, 4) is 0 Å². The maximum Gasteiger partial charge on any atom is 0.317 e. The van der Waals surface area contributed by atoms with Crippen molar-refractivity contribution < 1.29 is 23.5 Å². The van der Waals surface area contributed by atoms with Crippen LogP contribution in [0.4, 0.5) is 0 Å². The number of hydrogen-bond donors (Lipinski definition) is 0. The predicted octanol–water partition coefficient (Wildman–Crippen LogP) is 0.825. The molecule has 0 aliphatic carbocycles. The first-order valence-corrected chi connectivity index (χ1v) is 5.30. The lowest BCUT2D eigenvalue weighted by molar-refractivity contribution is -0.849. The lowest BCUT2D eigenvalue weighted by Crippen LogP contribution is -2.27. The van der Waals surface area contributed by atoms with Gasteiger partial charge >= 0.3 is 11.9 Å². The van der Waals surface area contributed by atoms with E-state index in [1.54, 1.807) is 13.8 Å². The summed E-state index contributed by atoms with van der Waals surface area (Å²) in [4.78, 5) is 21.2. The molecule has 0 spiro atoms. The molecular formula is C11H24NO4+. The van der Waals surface area contributed by atoms with E-state index in [4.69, 9.17) is 0 Å². The molecule has 0 bridgehead atoms. The van der Waals surface area contributed by atoms with Gasteiger partial charge in [0.1, 0.15) is 6.42 Å². The van der Waals surface area contributed by atoms with E-state index in [0.29, 0.717) is 0 Å². The van der Waals surface area contributed by atoms with Gasteiger partial charge in [0, 0.05) is 0 Å². The van der Waals surface area contributed by atoms with Gasteiger partial charge in [-0.25, -0.2) is 0 Å². The predicted molar refractivity (Wildman–Crippen MR) is 61.8 cm³/mol. The second-order valence-electron chi connectivity index (χ2n) is 4.47. The summed E-state index contributed by atoms with van der Waals surface area (Å²) >= 11 is 0. The van der Waals surface area contributed by atoms with Crippen molar-refractivity contribution in [2.45, 2.75) is 20.3 Å². The summed E-state index contributed by atoms with van der Waals surface area (Å²) in [7, 11) is 8.50. The molecule has 5 nitrogen and oxygen atoms in total. The number of rotatable bonds is 4. The van der Waals surface area contributed by atoms with E-state index in [0.717, 1.165) is 4.48 Å². The van der Waals surface area contributed by atoms with Gasteiger partial charge in [0.25, 0.3) is 0 Å². The van der Waals surface area contributed by atoms with Gasteiger partial charge in [-0.05, 0) is 13.8 Å². The van der Waals surface area contributed by atoms with Crippen LogP contribution < -0.4 is 0 Å². The number of carbonyl (C=O) groups is 2. The van der Waals surface area contributed by atoms with Gasteiger partial charge in [0.05, 0.1) is 41.4 Å². The van der Waals surface area contributed by atoms with Gasteiger partial charge in [-0.1, -0.05) is 0 Å². The molecule has 0 saturated carbocycles. The fraction of sp³-hybridized carbons (Fsp3) is 0.818. The van der Waals surface area contributed by atoms with E-state index in [1.807, 2.05) is 0 Å². The van der Waals surface area contributed by atoms with Crippen LogP contribution in [0.25, 0.3) is 0 Å². The Bertz CT molecular complexity index is 187. The molecule has 0 heterocycles. The highest BCUT2D eigenvalue weighted by Crippen LogP contribution is 1.89. The van der Waals surface area contributed by atoms with Gasteiger partial charge in [0.2, 0.25) is 0 Å². The van der Waals surface area contributed by atoms with Crippen molar-refractivity contribution in [3.05, 3.63) is 0 Å². The van der Waals surface area contributed by atoms with Gasteiger partial charge < -0.3 is 14.0 Å². The highest BCUT2D eigenvalue weighted by molar-refractivity contribution is 5.91. The molecule has 0 amide bonds. The van der Waals surface area contributed by atoms with Crippen LogP contribution >= 0.6 is 0 Å². The molecule has 0 aliphatic heterocycles. The van der Waals surface area contributed by atoms with Crippen LogP contribution in [0.1, 0.15) is 20.3 Å². The average molecular weight is 234 g/mol. The van der Waals surface area contributed by atoms with Crippen LogP contribution in [0.2, 0.25) is 0 Å². The van der Waals surface area contributed by atoms with Gasteiger partial charge in [-0.3, -0.25) is 9.59 Å². The first-order valence-electron chi connectivity index (χ1n) is 5.30. The number of carbonyl (C=O) groups excluding carboxylic acids is 2. The molecule has 0 atom stereocenters. The lowest BCUT2D eigenvalue weighted by atomic mass is 10.4. The molecule has 0 aliphatic rings. The zero-order valence-electron chi connectivity index (χ0n) is 11.2. The zero-order valence-corrected chi connectivity index (χ0v) is 11.2. The van der Waals surface area contributed by atoms with E-state index >= 15 is 0 Å². The summed E-state index contributed by atoms with van der Waals surface area (Å²) in [6, 6.07) is 0. The van der Waals surface area contributed by atoms with Crippen molar-refractivity contribution in [1.82, 2.24) is 0 Å². The fourth-order valence-electron chi connectivity index (χ4n) is 0.542. The quantitative estimate of drug-likeness (QED) is 0.410. The Morgan fingerprint density at radius 3 is 1.31 bits per heavy atom. The van der Waals surface area contributed by atoms with E-state index in [9.17, 15) is 9.59 Å². The van der Waals surface area contributed by atoms with Crippen molar-refractivity contribution in [2.24, 2.45) is 0 Å². The van der Waals surface area contributed by atoms with E-state index in [1.165, 1.54) is 0 Å². The van der Waals surface area contributed by atoms with E-state index in [2.05, 4.69) is 37.7 Å². The molecule has 0 unspecified atom stereocenters. The molecule has 0 fully saturated rings. The number of nitrogens with zero attached hydrogens (tertiary/aromatic N) is 1. The third-order valence-electron chi connectivity index (χ3n) is 0.899.